The van der Waals surface area contributed by atoms with E-state index in [0.29, 0.717) is 19.0 Å². The number of pyridine rings is 1. The van der Waals surface area contributed by atoms with Crippen LogP contribution in [-0.2, 0) is 6.42 Å². The van der Waals surface area contributed by atoms with Crippen LogP contribution in [0.2, 0.25) is 0 Å². The Hall–Kier alpha value is -2.43. The Labute approximate surface area is 156 Å². The van der Waals surface area contributed by atoms with Crippen LogP contribution in [0.4, 0.5) is 5.82 Å². The largest absolute Gasteiger partial charge is 0.493 e. The second-order valence-electron chi connectivity index (χ2n) is 7.24. The minimum absolute atomic E-state index is 0.278. The molecule has 26 heavy (non-hydrogen) atoms. The molecule has 0 aliphatic heterocycles. The molecular weight excluding hydrogens is 328 g/mol. The number of ether oxygens (including phenoxy) is 2. The summed E-state index contributed by atoms with van der Waals surface area (Å²) in [6.45, 7) is 8.05. The Morgan fingerprint density at radius 1 is 1.15 bits per heavy atom. The van der Waals surface area contributed by atoms with Crippen molar-refractivity contribution in [3.63, 3.8) is 0 Å². The number of benzene rings is 1. The van der Waals surface area contributed by atoms with Crippen LogP contribution in [0.5, 0.6) is 11.5 Å². The molecule has 0 saturated heterocycles. The summed E-state index contributed by atoms with van der Waals surface area (Å²) in [7, 11) is 1.67. The fourth-order valence-corrected chi connectivity index (χ4v) is 2.66. The highest BCUT2D eigenvalue weighted by Crippen LogP contribution is 2.32. The zero-order valence-corrected chi connectivity index (χ0v) is 16.3. The summed E-state index contributed by atoms with van der Waals surface area (Å²) in [5.74, 6) is 2.20. The van der Waals surface area contributed by atoms with E-state index in [1.54, 1.807) is 19.4 Å². The number of hydrogen-bond acceptors (Lipinski definition) is 4. The summed E-state index contributed by atoms with van der Waals surface area (Å²) in [5, 5.41) is 12.8. The van der Waals surface area contributed by atoms with E-state index in [1.165, 1.54) is 5.56 Å². The van der Waals surface area contributed by atoms with Crippen molar-refractivity contribution in [2.24, 2.45) is 5.41 Å². The number of nitrogens with zero attached hydrogens (tertiary/aromatic N) is 1. The molecule has 0 saturated carbocycles. The third kappa shape index (κ3) is 5.83. The molecule has 0 spiro atoms. The first-order valence-corrected chi connectivity index (χ1v) is 9.19. The van der Waals surface area contributed by atoms with Crippen molar-refractivity contribution >= 4 is 5.82 Å². The fraction of sp³-hybridized carbons (Fsp3) is 0.476. The molecule has 0 aliphatic rings. The van der Waals surface area contributed by atoms with Gasteiger partial charge in [-0.15, -0.1) is 0 Å². The summed E-state index contributed by atoms with van der Waals surface area (Å²) in [4.78, 5) is 0. The van der Waals surface area contributed by atoms with Crippen LogP contribution >= 0.6 is 0 Å². The first kappa shape index (κ1) is 19.9. The molecule has 142 valence electrons. The number of rotatable bonds is 10. The van der Waals surface area contributed by atoms with Gasteiger partial charge in [0.2, 0.25) is 0 Å². The zero-order valence-electron chi connectivity index (χ0n) is 16.3. The van der Waals surface area contributed by atoms with E-state index in [2.05, 4.69) is 38.2 Å². The Morgan fingerprint density at radius 3 is 2.65 bits per heavy atom. The Kier molecular flexibility index (Phi) is 7.13. The van der Waals surface area contributed by atoms with E-state index in [0.717, 1.165) is 35.5 Å². The molecule has 2 rings (SSSR count). The number of nitrogens with one attached hydrogen (secondary N) is 1. The molecule has 0 fully saturated rings. The molecule has 5 nitrogen and oxygen atoms in total. The first-order chi connectivity index (χ1) is 12.4. The average molecular weight is 359 g/mol. The number of anilines is 1. The van der Waals surface area contributed by atoms with Gasteiger partial charge < -0.3 is 14.7 Å². The molecular formula is C21H31N2O3+. The van der Waals surface area contributed by atoms with Gasteiger partial charge in [0, 0.05) is 12.5 Å². The van der Waals surface area contributed by atoms with Gasteiger partial charge in [0.05, 0.1) is 20.3 Å². The van der Waals surface area contributed by atoms with E-state index in [1.807, 2.05) is 18.2 Å². The third-order valence-electron chi connectivity index (χ3n) is 4.59. The van der Waals surface area contributed by atoms with E-state index in [-0.39, 0.29) is 5.41 Å². The molecule has 0 aliphatic carbocycles. The van der Waals surface area contributed by atoms with Crippen molar-refractivity contribution in [2.45, 2.75) is 40.0 Å². The Balaban J connectivity index is 1.84. The van der Waals surface area contributed by atoms with Crippen LogP contribution < -0.4 is 19.5 Å². The molecule has 0 bridgehead atoms. The van der Waals surface area contributed by atoms with E-state index in [9.17, 15) is 5.21 Å². The zero-order chi connectivity index (χ0) is 19.0. The molecule has 2 N–H and O–H groups in total. The lowest BCUT2D eigenvalue weighted by Crippen LogP contribution is -2.33. The van der Waals surface area contributed by atoms with Gasteiger partial charge in [-0.25, -0.2) is 0 Å². The lowest BCUT2D eigenvalue weighted by Gasteiger charge is -2.23. The standard InChI is InChI=1S/C21H30N2O3/c1-5-21(2,3)16-17-10-11-18(19(15-17)25-4)26-14-8-12-22-20-9-6-7-13-23(20)24/h6-7,9-11,13,15,24H,5,8,12,14,16H2,1-4H3/p+1. The Bertz CT molecular complexity index is 701. The summed E-state index contributed by atoms with van der Waals surface area (Å²) >= 11 is 0. The van der Waals surface area contributed by atoms with Gasteiger partial charge in [0.1, 0.15) is 6.20 Å². The molecule has 0 amide bonds. The number of hydrogen-bond donors (Lipinski definition) is 2. The van der Waals surface area contributed by atoms with Gasteiger partial charge in [-0.1, -0.05) is 44.1 Å². The maximum atomic E-state index is 9.64. The predicted molar refractivity (Wildman–Crippen MR) is 103 cm³/mol. The summed E-state index contributed by atoms with van der Waals surface area (Å²) < 4.78 is 12.4. The van der Waals surface area contributed by atoms with Crippen molar-refractivity contribution < 1.29 is 19.4 Å². The van der Waals surface area contributed by atoms with Gasteiger partial charge in [0.25, 0.3) is 0 Å². The minimum atomic E-state index is 0.278. The smallest absolute Gasteiger partial charge is 0.313 e. The van der Waals surface area contributed by atoms with Gasteiger partial charge in [-0.05, 0) is 35.6 Å². The van der Waals surface area contributed by atoms with Crippen molar-refractivity contribution in [1.29, 1.82) is 0 Å². The molecule has 0 atom stereocenters. The molecule has 5 heteroatoms. The fourth-order valence-electron chi connectivity index (χ4n) is 2.66. The highest BCUT2D eigenvalue weighted by Gasteiger charge is 2.17. The van der Waals surface area contributed by atoms with Gasteiger partial charge in [-0.3, -0.25) is 5.32 Å². The second kappa shape index (κ2) is 9.32. The highest BCUT2D eigenvalue weighted by molar-refractivity contribution is 5.43. The lowest BCUT2D eigenvalue weighted by atomic mass is 9.83. The molecule has 1 aromatic heterocycles. The first-order valence-electron chi connectivity index (χ1n) is 9.19. The maximum Gasteiger partial charge on any atom is 0.313 e. The summed E-state index contributed by atoms with van der Waals surface area (Å²) in [6.07, 6.45) is 4.55. The maximum absolute atomic E-state index is 9.64. The van der Waals surface area contributed by atoms with Crippen LogP contribution in [0.25, 0.3) is 0 Å². The molecule has 0 unspecified atom stereocenters. The SMILES string of the molecule is CCC(C)(C)Cc1ccc(OCCCNc2cccc[n+]2O)c(OC)c1. The molecule has 0 radical (unpaired) electrons. The van der Waals surface area contributed by atoms with Crippen LogP contribution in [0.15, 0.2) is 42.6 Å². The number of aromatic nitrogens is 1. The topological polar surface area (TPSA) is 54.6 Å². The third-order valence-corrected chi connectivity index (χ3v) is 4.59. The predicted octanol–water partition coefficient (Wildman–Crippen LogP) is 4.08. The lowest BCUT2D eigenvalue weighted by molar-refractivity contribution is -0.893. The van der Waals surface area contributed by atoms with E-state index < -0.39 is 0 Å². The monoisotopic (exact) mass is 359 g/mol. The minimum Gasteiger partial charge on any atom is -0.493 e. The summed E-state index contributed by atoms with van der Waals surface area (Å²) in [6, 6.07) is 11.6. The van der Waals surface area contributed by atoms with Crippen LogP contribution in [0.1, 0.15) is 39.2 Å². The van der Waals surface area contributed by atoms with Crippen molar-refractivity contribution in [2.75, 3.05) is 25.6 Å². The molecule has 1 heterocycles. The molecule has 1 aromatic carbocycles. The van der Waals surface area contributed by atoms with Gasteiger partial charge >= 0.3 is 5.82 Å². The van der Waals surface area contributed by atoms with Crippen molar-refractivity contribution in [1.82, 2.24) is 0 Å². The quantitative estimate of drug-likeness (QED) is 0.381. The highest BCUT2D eigenvalue weighted by atomic mass is 16.5. The van der Waals surface area contributed by atoms with Crippen LogP contribution in [-0.4, -0.2) is 25.5 Å². The van der Waals surface area contributed by atoms with Crippen LogP contribution in [0.3, 0.4) is 0 Å². The second-order valence-corrected chi connectivity index (χ2v) is 7.24. The molecule has 2 aromatic rings. The normalized spacial score (nSPS) is 11.2. The van der Waals surface area contributed by atoms with Crippen molar-refractivity contribution in [3.8, 4) is 11.5 Å². The van der Waals surface area contributed by atoms with E-state index in [4.69, 9.17) is 9.47 Å². The van der Waals surface area contributed by atoms with Crippen LogP contribution in [0, 0.1) is 5.41 Å². The van der Waals surface area contributed by atoms with E-state index >= 15 is 0 Å². The number of methoxy groups -OCH3 is 1. The van der Waals surface area contributed by atoms with Crippen molar-refractivity contribution in [3.05, 3.63) is 48.2 Å². The summed E-state index contributed by atoms with van der Waals surface area (Å²) in [5.41, 5.74) is 1.54. The van der Waals surface area contributed by atoms with Gasteiger partial charge in [0.15, 0.2) is 11.5 Å². The Morgan fingerprint density at radius 2 is 1.96 bits per heavy atom. The van der Waals surface area contributed by atoms with Gasteiger partial charge in [-0.2, -0.15) is 0 Å². The average Bonchev–Trinajstić information content (AvgIpc) is 2.63.